The van der Waals surface area contributed by atoms with Crippen LogP contribution in [0.3, 0.4) is 0 Å². The van der Waals surface area contributed by atoms with E-state index in [0.29, 0.717) is 6.61 Å². The number of aromatic nitrogens is 3. The Labute approximate surface area is 191 Å². The van der Waals surface area contributed by atoms with E-state index in [-0.39, 0.29) is 17.9 Å². The molecular formula is C25H26N4O2S. The van der Waals surface area contributed by atoms with Gasteiger partial charge >= 0.3 is 0 Å². The van der Waals surface area contributed by atoms with Gasteiger partial charge in [0.05, 0.1) is 27.8 Å². The number of H-pyrrole nitrogens is 1. The number of hydrogen-bond acceptors (Lipinski definition) is 5. The molecule has 6 nitrogen and oxygen atoms in total. The van der Waals surface area contributed by atoms with Gasteiger partial charge in [0.25, 0.3) is 0 Å². The second-order valence-corrected chi connectivity index (χ2v) is 8.98. The summed E-state index contributed by atoms with van der Waals surface area (Å²) in [5.74, 6) is 1.55. The molecule has 0 radical (unpaired) electrons. The van der Waals surface area contributed by atoms with E-state index in [4.69, 9.17) is 4.74 Å². The predicted molar refractivity (Wildman–Crippen MR) is 128 cm³/mol. The smallest absolute Gasteiger partial charge is 0.244 e. The lowest BCUT2D eigenvalue weighted by atomic mass is 10.0. The quantitative estimate of drug-likeness (QED) is 0.354. The molecule has 0 aliphatic carbocycles. The van der Waals surface area contributed by atoms with Gasteiger partial charge in [0.15, 0.2) is 0 Å². The number of imidazole rings is 1. The average molecular weight is 447 g/mol. The molecule has 0 spiro atoms. The first-order chi connectivity index (χ1) is 15.5. The van der Waals surface area contributed by atoms with Crippen LogP contribution in [-0.2, 0) is 11.4 Å². The van der Waals surface area contributed by atoms with Gasteiger partial charge in [-0.25, -0.2) is 9.97 Å². The molecule has 0 saturated heterocycles. The number of aryl methyl sites for hydroxylation is 1. The van der Waals surface area contributed by atoms with Crippen molar-refractivity contribution in [2.45, 2.75) is 33.4 Å². The Bertz CT molecular complexity index is 1190. The van der Waals surface area contributed by atoms with Crippen LogP contribution in [0.5, 0.6) is 5.75 Å². The number of carbonyl (C=O) groups is 1. The Morgan fingerprint density at radius 1 is 1.16 bits per heavy atom. The van der Waals surface area contributed by atoms with Gasteiger partial charge in [0, 0.05) is 11.5 Å². The van der Waals surface area contributed by atoms with E-state index in [2.05, 4.69) is 34.1 Å². The zero-order valence-corrected chi connectivity index (χ0v) is 19.1. The Balaban J connectivity index is 1.36. The molecule has 4 rings (SSSR count). The fourth-order valence-electron chi connectivity index (χ4n) is 3.35. The van der Waals surface area contributed by atoms with E-state index in [9.17, 15) is 4.79 Å². The van der Waals surface area contributed by atoms with Crippen LogP contribution in [0.15, 0.2) is 60.0 Å². The number of amides is 1. The molecule has 0 aliphatic rings. The number of aromatic amines is 1. The summed E-state index contributed by atoms with van der Waals surface area (Å²) in [4.78, 5) is 24.9. The van der Waals surface area contributed by atoms with Crippen LogP contribution in [0, 0.1) is 12.8 Å². The Hall–Kier alpha value is -3.45. The minimum atomic E-state index is -0.204. The van der Waals surface area contributed by atoms with Gasteiger partial charge in [-0.2, -0.15) is 0 Å². The lowest BCUT2D eigenvalue weighted by Crippen LogP contribution is -2.31. The minimum Gasteiger partial charge on any atom is -0.487 e. The number of benzene rings is 2. The highest BCUT2D eigenvalue weighted by atomic mass is 32.1. The van der Waals surface area contributed by atoms with Crippen molar-refractivity contribution in [3.05, 3.63) is 82.1 Å². The van der Waals surface area contributed by atoms with Crippen LogP contribution >= 0.6 is 11.3 Å². The molecule has 0 saturated carbocycles. The lowest BCUT2D eigenvalue weighted by Gasteiger charge is -2.19. The maximum atomic E-state index is 12.6. The second kappa shape index (κ2) is 9.78. The fourth-order valence-corrected chi connectivity index (χ4v) is 3.95. The average Bonchev–Trinajstić information content (AvgIpc) is 3.40. The molecule has 2 heterocycles. The van der Waals surface area contributed by atoms with Crippen molar-refractivity contribution in [3.8, 4) is 5.75 Å². The van der Waals surface area contributed by atoms with Gasteiger partial charge in [0.1, 0.15) is 18.2 Å². The predicted octanol–water partition coefficient (Wildman–Crippen LogP) is 5.43. The molecule has 1 atom stereocenters. The number of carbonyl (C=O) groups excluding carboxylic acids is 1. The number of nitrogens with one attached hydrogen (secondary N) is 2. The van der Waals surface area contributed by atoms with E-state index < -0.39 is 0 Å². The third-order valence-electron chi connectivity index (χ3n) is 5.03. The molecule has 32 heavy (non-hydrogen) atoms. The topological polar surface area (TPSA) is 79.9 Å². The fraction of sp³-hybridized carbons (Fsp3) is 0.240. The highest BCUT2D eigenvalue weighted by Gasteiger charge is 2.20. The maximum absolute atomic E-state index is 12.6. The summed E-state index contributed by atoms with van der Waals surface area (Å²) < 4.78 is 5.77. The maximum Gasteiger partial charge on any atom is 0.244 e. The number of thiazole rings is 1. The molecule has 164 valence electrons. The number of hydrogen-bond donors (Lipinski definition) is 2. The van der Waals surface area contributed by atoms with Crippen molar-refractivity contribution in [2.24, 2.45) is 5.92 Å². The van der Waals surface area contributed by atoms with E-state index >= 15 is 0 Å². The summed E-state index contributed by atoms with van der Waals surface area (Å²) in [6.07, 6.45) is 3.34. The highest BCUT2D eigenvalue weighted by molar-refractivity contribution is 7.09. The van der Waals surface area contributed by atoms with Crippen molar-refractivity contribution in [1.82, 2.24) is 20.3 Å². The van der Waals surface area contributed by atoms with Crippen LogP contribution in [0.2, 0.25) is 0 Å². The first-order valence-corrected chi connectivity index (χ1v) is 11.4. The Morgan fingerprint density at radius 2 is 1.94 bits per heavy atom. The van der Waals surface area contributed by atoms with Crippen LogP contribution < -0.4 is 10.1 Å². The summed E-state index contributed by atoms with van der Waals surface area (Å²) in [6.45, 7) is 6.55. The molecule has 2 N–H and O–H groups in total. The number of ether oxygens (including phenoxy) is 1. The summed E-state index contributed by atoms with van der Waals surface area (Å²) >= 11 is 1.61. The monoisotopic (exact) mass is 446 g/mol. The molecule has 4 aromatic rings. The summed E-state index contributed by atoms with van der Waals surface area (Å²) in [5.41, 5.74) is 3.70. The molecule has 0 fully saturated rings. The van der Waals surface area contributed by atoms with Crippen molar-refractivity contribution >= 4 is 34.4 Å². The first kappa shape index (κ1) is 21.8. The van der Waals surface area contributed by atoms with Crippen LogP contribution in [0.1, 0.15) is 42.0 Å². The molecular weight excluding hydrogens is 420 g/mol. The summed E-state index contributed by atoms with van der Waals surface area (Å²) in [5, 5.41) is 6.10. The number of nitrogens with zero attached hydrogens (tertiary/aromatic N) is 2. The van der Waals surface area contributed by atoms with Gasteiger partial charge in [-0.3, -0.25) is 4.79 Å². The number of fused-ring (bicyclic) bond motifs is 1. The summed E-state index contributed by atoms with van der Waals surface area (Å²) in [6, 6.07) is 15.3. The number of para-hydroxylation sites is 2. The van der Waals surface area contributed by atoms with Crippen LogP contribution in [-0.4, -0.2) is 20.9 Å². The molecule has 0 bridgehead atoms. The third-order valence-corrected chi connectivity index (χ3v) is 5.85. The summed E-state index contributed by atoms with van der Waals surface area (Å²) in [7, 11) is 0. The van der Waals surface area contributed by atoms with Crippen LogP contribution in [0.25, 0.3) is 17.1 Å². The zero-order valence-electron chi connectivity index (χ0n) is 18.3. The highest BCUT2D eigenvalue weighted by Crippen LogP contribution is 2.22. The van der Waals surface area contributed by atoms with Crippen molar-refractivity contribution < 1.29 is 9.53 Å². The molecule has 1 amide bonds. The van der Waals surface area contributed by atoms with E-state index in [1.165, 1.54) is 0 Å². The van der Waals surface area contributed by atoms with Gasteiger partial charge in [0.2, 0.25) is 5.91 Å². The van der Waals surface area contributed by atoms with Gasteiger partial charge < -0.3 is 15.0 Å². The van der Waals surface area contributed by atoms with Gasteiger partial charge in [-0.1, -0.05) is 38.1 Å². The third kappa shape index (κ3) is 5.42. The molecule has 7 heteroatoms. The second-order valence-electron chi connectivity index (χ2n) is 7.92. The van der Waals surface area contributed by atoms with Gasteiger partial charge in [-0.15, -0.1) is 11.3 Å². The van der Waals surface area contributed by atoms with Crippen molar-refractivity contribution in [2.75, 3.05) is 0 Å². The normalized spacial score (nSPS) is 12.5. The van der Waals surface area contributed by atoms with E-state index in [0.717, 1.165) is 38.9 Å². The first-order valence-electron chi connectivity index (χ1n) is 10.5. The Morgan fingerprint density at radius 3 is 2.62 bits per heavy atom. The van der Waals surface area contributed by atoms with E-state index in [1.807, 2.05) is 60.8 Å². The molecule has 2 aromatic carbocycles. The molecule has 2 aromatic heterocycles. The standard InChI is InChI=1S/C25H26N4O2S/c1-16(2)24(25-27-21-6-4-5-7-22(21)28-25)29-23(30)13-10-18-8-11-20(12-9-18)31-14-19-15-32-17(3)26-19/h4-13,15-16,24H,14H2,1-3H3,(H,27,28)(H,29,30)/b13-10+. The van der Waals surface area contributed by atoms with E-state index in [1.54, 1.807) is 23.5 Å². The Kier molecular flexibility index (Phi) is 6.66. The lowest BCUT2D eigenvalue weighted by molar-refractivity contribution is -0.117. The SMILES string of the molecule is Cc1nc(COc2ccc(/C=C/C(=O)NC(c3nc4ccccc4[nH]3)C(C)C)cc2)cs1. The molecule has 0 aliphatic heterocycles. The number of rotatable bonds is 8. The minimum absolute atomic E-state index is 0.164. The van der Waals surface area contributed by atoms with Crippen molar-refractivity contribution in [1.29, 1.82) is 0 Å². The largest absolute Gasteiger partial charge is 0.487 e. The van der Waals surface area contributed by atoms with Crippen LogP contribution in [0.4, 0.5) is 0 Å². The van der Waals surface area contributed by atoms with Gasteiger partial charge in [-0.05, 0) is 48.7 Å². The molecule has 1 unspecified atom stereocenters. The van der Waals surface area contributed by atoms with Crippen molar-refractivity contribution in [3.63, 3.8) is 0 Å². The zero-order chi connectivity index (χ0) is 22.5.